The topological polar surface area (TPSA) is 175 Å². The molecule has 3 N–H and O–H groups in total. The monoisotopic (exact) mass is 511 g/mol. The maximum absolute atomic E-state index is 13.7. The summed E-state index contributed by atoms with van der Waals surface area (Å²) in [4.78, 5) is 50.3. The average molecular weight is 512 g/mol. The molecule has 0 saturated carbocycles. The molecule has 1 aliphatic rings. The first-order chi connectivity index (χ1) is 17.6. The van der Waals surface area contributed by atoms with Gasteiger partial charge in [0.1, 0.15) is 18.6 Å². The molecule has 12 nitrogen and oxygen atoms in total. The van der Waals surface area contributed by atoms with Gasteiger partial charge >= 0.3 is 6.09 Å². The van der Waals surface area contributed by atoms with Crippen LogP contribution in [0.1, 0.15) is 56.0 Å². The Morgan fingerprint density at radius 3 is 2.59 bits per heavy atom. The second-order valence-corrected chi connectivity index (χ2v) is 9.12. The number of hydrogen-bond donors (Lipinski definition) is 3. The van der Waals surface area contributed by atoms with Gasteiger partial charge in [-0.3, -0.25) is 14.4 Å². The molecule has 0 bridgehead atoms. The number of rotatable bonds is 10. The van der Waals surface area contributed by atoms with Gasteiger partial charge in [0, 0.05) is 12.6 Å². The number of nitrogens with zero attached hydrogens (tertiary/aromatic N) is 3. The van der Waals surface area contributed by atoms with Crippen LogP contribution in [0.3, 0.4) is 0 Å². The number of nitrogens with one attached hydrogen (secondary N) is 2. The summed E-state index contributed by atoms with van der Waals surface area (Å²) >= 11 is 0. The minimum absolute atomic E-state index is 0.000321. The molecule has 3 amide bonds. The predicted molar refractivity (Wildman–Crippen MR) is 128 cm³/mol. The molecule has 37 heavy (non-hydrogen) atoms. The summed E-state index contributed by atoms with van der Waals surface area (Å²) in [6.07, 6.45) is -0.600. The van der Waals surface area contributed by atoms with Crippen molar-refractivity contribution in [1.82, 2.24) is 20.7 Å². The molecule has 2 heterocycles. The van der Waals surface area contributed by atoms with Crippen molar-refractivity contribution in [3.63, 3.8) is 0 Å². The SMILES string of the molecule is CC(C)[C@@H](C(=O)N1C[C@H](NC(=O)O)C[C@H]1C(=O)N[C@@H](C)c1ccc(C#N)cc1)c1cc(OCC=O)no1. The number of ether oxygens (including phenoxy) is 1. The van der Waals surface area contributed by atoms with Crippen LogP contribution >= 0.6 is 0 Å². The second kappa shape index (κ2) is 12.0. The molecule has 1 aromatic carbocycles. The zero-order valence-electron chi connectivity index (χ0n) is 20.7. The fourth-order valence-corrected chi connectivity index (χ4v) is 4.37. The molecule has 0 aliphatic carbocycles. The standard InChI is InChI=1S/C25H29N5O7/c1-14(2)22(20-11-21(29-37-20)36-9-8-31)24(33)30-13-18(28-25(34)35)10-19(30)23(32)27-15(3)17-6-4-16(12-26)5-7-17/h4-8,11,14-15,18-19,22,28H,9-10,13H2,1-3H3,(H,27,32)(H,34,35)/t15-,18+,19-,22+/m0/s1. The first-order valence-corrected chi connectivity index (χ1v) is 11.8. The van der Waals surface area contributed by atoms with E-state index in [1.54, 1.807) is 31.2 Å². The van der Waals surface area contributed by atoms with Crippen molar-refractivity contribution < 1.29 is 33.5 Å². The molecule has 196 valence electrons. The average Bonchev–Trinajstić information content (AvgIpc) is 3.49. The van der Waals surface area contributed by atoms with E-state index in [0.29, 0.717) is 11.8 Å². The van der Waals surface area contributed by atoms with E-state index >= 15 is 0 Å². The van der Waals surface area contributed by atoms with Crippen LogP contribution < -0.4 is 15.4 Å². The zero-order chi connectivity index (χ0) is 27.1. The van der Waals surface area contributed by atoms with Gasteiger partial charge in [-0.2, -0.15) is 5.26 Å². The van der Waals surface area contributed by atoms with Gasteiger partial charge in [0.25, 0.3) is 5.88 Å². The van der Waals surface area contributed by atoms with Crippen molar-refractivity contribution in [3.05, 3.63) is 47.2 Å². The van der Waals surface area contributed by atoms with E-state index in [0.717, 1.165) is 5.56 Å². The highest BCUT2D eigenvalue weighted by Gasteiger charge is 2.44. The molecule has 2 aromatic rings. The number of carboxylic acid groups (broad SMARTS) is 1. The third-order valence-electron chi connectivity index (χ3n) is 6.16. The molecule has 1 aliphatic heterocycles. The van der Waals surface area contributed by atoms with Gasteiger partial charge in [-0.25, -0.2) is 4.79 Å². The Kier molecular flexibility index (Phi) is 8.84. The zero-order valence-corrected chi connectivity index (χ0v) is 20.7. The Labute approximate surface area is 213 Å². The lowest BCUT2D eigenvalue weighted by molar-refractivity contribution is -0.141. The van der Waals surface area contributed by atoms with Crippen molar-refractivity contribution in [2.45, 2.75) is 51.2 Å². The van der Waals surface area contributed by atoms with Crippen molar-refractivity contribution in [1.29, 1.82) is 5.26 Å². The van der Waals surface area contributed by atoms with E-state index < -0.39 is 42.0 Å². The van der Waals surface area contributed by atoms with Crippen LogP contribution in [0, 0.1) is 17.2 Å². The highest BCUT2D eigenvalue weighted by atomic mass is 16.5. The molecule has 0 unspecified atom stereocenters. The largest absolute Gasteiger partial charge is 0.468 e. The molecular weight excluding hydrogens is 482 g/mol. The van der Waals surface area contributed by atoms with Gasteiger partial charge in [0.15, 0.2) is 12.0 Å². The number of carbonyl (C=O) groups excluding carboxylic acids is 3. The second-order valence-electron chi connectivity index (χ2n) is 9.12. The van der Waals surface area contributed by atoms with E-state index in [4.69, 9.17) is 14.5 Å². The number of carbonyl (C=O) groups is 4. The van der Waals surface area contributed by atoms with Crippen LogP contribution in [0.5, 0.6) is 5.88 Å². The van der Waals surface area contributed by atoms with Crippen molar-refractivity contribution in [3.8, 4) is 11.9 Å². The van der Waals surface area contributed by atoms with Gasteiger partial charge in [0.05, 0.1) is 23.7 Å². The molecule has 0 radical (unpaired) electrons. The third-order valence-corrected chi connectivity index (χ3v) is 6.16. The molecular formula is C25H29N5O7. The van der Waals surface area contributed by atoms with Crippen LogP contribution in [-0.2, 0) is 14.4 Å². The van der Waals surface area contributed by atoms with Crippen LogP contribution in [-0.4, -0.2) is 64.6 Å². The Morgan fingerprint density at radius 1 is 1.30 bits per heavy atom. The highest BCUT2D eigenvalue weighted by molar-refractivity contribution is 5.91. The number of amides is 3. The van der Waals surface area contributed by atoms with E-state index in [-0.39, 0.29) is 37.1 Å². The lowest BCUT2D eigenvalue weighted by Gasteiger charge is -2.29. The van der Waals surface area contributed by atoms with Crippen LogP contribution in [0.25, 0.3) is 0 Å². The van der Waals surface area contributed by atoms with E-state index in [1.807, 2.05) is 19.9 Å². The maximum Gasteiger partial charge on any atom is 0.404 e. The number of likely N-dealkylation sites (tertiary alicyclic amines) is 1. The first kappa shape index (κ1) is 27.2. The van der Waals surface area contributed by atoms with Gasteiger partial charge in [-0.05, 0) is 42.1 Å². The van der Waals surface area contributed by atoms with Crippen molar-refractivity contribution in [2.24, 2.45) is 5.92 Å². The molecule has 1 fully saturated rings. The Morgan fingerprint density at radius 2 is 2.00 bits per heavy atom. The fourth-order valence-electron chi connectivity index (χ4n) is 4.37. The minimum Gasteiger partial charge on any atom is -0.468 e. The smallest absolute Gasteiger partial charge is 0.404 e. The summed E-state index contributed by atoms with van der Waals surface area (Å²) in [7, 11) is 0. The maximum atomic E-state index is 13.7. The summed E-state index contributed by atoms with van der Waals surface area (Å²) in [6.45, 7) is 5.17. The van der Waals surface area contributed by atoms with Crippen molar-refractivity contribution in [2.75, 3.05) is 13.2 Å². The fraction of sp³-hybridized carbons (Fsp3) is 0.440. The normalized spacial score (nSPS) is 18.5. The number of nitriles is 1. The molecule has 1 saturated heterocycles. The van der Waals surface area contributed by atoms with Gasteiger partial charge in [0.2, 0.25) is 11.8 Å². The molecule has 3 rings (SSSR count). The van der Waals surface area contributed by atoms with Gasteiger partial charge < -0.3 is 29.9 Å². The summed E-state index contributed by atoms with van der Waals surface area (Å²) in [5.74, 6) is -1.68. The lowest BCUT2D eigenvalue weighted by Crippen LogP contribution is -2.48. The number of hydrogen-bond acceptors (Lipinski definition) is 8. The third kappa shape index (κ3) is 6.63. The summed E-state index contributed by atoms with van der Waals surface area (Å²) in [5, 5.41) is 27.2. The van der Waals surface area contributed by atoms with Crippen LogP contribution in [0.4, 0.5) is 4.79 Å². The lowest BCUT2D eigenvalue weighted by atomic mass is 9.91. The molecule has 4 atom stereocenters. The van der Waals surface area contributed by atoms with E-state index in [2.05, 4.69) is 15.8 Å². The quantitative estimate of drug-likeness (QED) is 0.403. The van der Waals surface area contributed by atoms with E-state index in [9.17, 15) is 24.3 Å². The Hall–Kier alpha value is -4.40. The minimum atomic E-state index is -1.25. The summed E-state index contributed by atoms with van der Waals surface area (Å²) in [5.41, 5.74) is 1.26. The van der Waals surface area contributed by atoms with Gasteiger partial charge in [-0.15, -0.1) is 0 Å². The highest BCUT2D eigenvalue weighted by Crippen LogP contribution is 2.32. The van der Waals surface area contributed by atoms with Crippen LogP contribution in [0.15, 0.2) is 34.9 Å². The predicted octanol–water partition coefficient (Wildman–Crippen LogP) is 1.98. The van der Waals surface area contributed by atoms with Gasteiger partial charge in [-0.1, -0.05) is 26.0 Å². The number of benzene rings is 1. The number of aromatic nitrogens is 1. The molecule has 0 spiro atoms. The Bertz CT molecular complexity index is 1170. The Balaban J connectivity index is 1.82. The molecule has 1 aromatic heterocycles. The first-order valence-electron chi connectivity index (χ1n) is 11.8. The summed E-state index contributed by atoms with van der Waals surface area (Å²) in [6, 6.07) is 8.24. The molecule has 12 heteroatoms. The van der Waals surface area contributed by atoms with E-state index in [1.165, 1.54) is 11.0 Å². The summed E-state index contributed by atoms with van der Waals surface area (Å²) < 4.78 is 10.5. The number of aldehydes is 1. The van der Waals surface area contributed by atoms with Crippen LogP contribution in [0.2, 0.25) is 0 Å². The van der Waals surface area contributed by atoms with Crippen molar-refractivity contribution >= 4 is 24.2 Å².